The Kier molecular flexibility index (Phi) is 11.7. The molecule has 0 N–H and O–H groups in total. The van der Waals surface area contributed by atoms with Crippen LogP contribution in [-0.2, 0) is 18.9 Å². The summed E-state index contributed by atoms with van der Waals surface area (Å²) in [6.07, 6.45) is 0. The third kappa shape index (κ3) is 11.8. The van der Waals surface area contributed by atoms with Gasteiger partial charge in [-0.3, -0.25) is 0 Å². The van der Waals surface area contributed by atoms with Gasteiger partial charge in [-0.1, -0.05) is 0 Å². The number of methoxy groups -OCH3 is 1. The van der Waals surface area contributed by atoms with Crippen LogP contribution in [0.2, 0.25) is 0 Å². The van der Waals surface area contributed by atoms with Gasteiger partial charge in [0.1, 0.15) is 0 Å². The van der Waals surface area contributed by atoms with Crippen molar-refractivity contribution in [2.45, 2.75) is 0 Å². The van der Waals surface area contributed by atoms with Crippen molar-refractivity contribution in [3.05, 3.63) is 6.92 Å². The summed E-state index contributed by atoms with van der Waals surface area (Å²) in [4.78, 5) is 0. The van der Waals surface area contributed by atoms with E-state index in [4.69, 9.17) is 18.9 Å². The van der Waals surface area contributed by atoms with E-state index in [0.717, 1.165) is 0 Å². The van der Waals surface area contributed by atoms with Crippen molar-refractivity contribution >= 4 is 0 Å². The highest BCUT2D eigenvalue weighted by Crippen LogP contribution is 1.80. The van der Waals surface area contributed by atoms with Gasteiger partial charge < -0.3 is 18.9 Å². The fourth-order valence-electron chi connectivity index (χ4n) is 0.684. The van der Waals surface area contributed by atoms with Crippen LogP contribution in [-0.4, -0.2) is 53.4 Å². The van der Waals surface area contributed by atoms with Gasteiger partial charge >= 0.3 is 0 Å². The van der Waals surface area contributed by atoms with Crippen LogP contribution in [0.5, 0.6) is 0 Å². The molecule has 4 nitrogen and oxygen atoms in total. The van der Waals surface area contributed by atoms with Gasteiger partial charge in [-0.2, -0.15) is 0 Å². The van der Waals surface area contributed by atoms with Crippen LogP contribution in [0.1, 0.15) is 0 Å². The topological polar surface area (TPSA) is 36.9 Å². The van der Waals surface area contributed by atoms with Crippen molar-refractivity contribution in [2.75, 3.05) is 53.4 Å². The van der Waals surface area contributed by atoms with Gasteiger partial charge in [0.05, 0.1) is 39.6 Å². The van der Waals surface area contributed by atoms with E-state index in [9.17, 15) is 0 Å². The summed E-state index contributed by atoms with van der Waals surface area (Å²) >= 11 is 0. The standard InChI is InChI=1S/C9H19O4/c1-3-11-6-7-13-9-8-12-5-4-10-2/h1,3-9H2,2H3. The first-order chi connectivity index (χ1) is 6.41. The van der Waals surface area contributed by atoms with E-state index in [0.29, 0.717) is 46.2 Å². The Morgan fingerprint density at radius 3 is 1.69 bits per heavy atom. The lowest BCUT2D eigenvalue weighted by molar-refractivity contribution is 0.00691. The largest absolute Gasteiger partial charge is 0.382 e. The summed E-state index contributed by atoms with van der Waals surface area (Å²) in [5.74, 6) is 0. The molecular formula is C9H19O4. The first kappa shape index (κ1) is 12.8. The lowest BCUT2D eigenvalue weighted by atomic mass is 10.7. The van der Waals surface area contributed by atoms with Gasteiger partial charge in [-0.25, -0.2) is 0 Å². The average Bonchev–Trinajstić information content (AvgIpc) is 2.16. The second-order valence-electron chi connectivity index (χ2n) is 2.33. The molecule has 0 atom stereocenters. The van der Waals surface area contributed by atoms with E-state index in [1.165, 1.54) is 0 Å². The van der Waals surface area contributed by atoms with Crippen LogP contribution in [0.4, 0.5) is 0 Å². The molecule has 0 aliphatic heterocycles. The lowest BCUT2D eigenvalue weighted by Crippen LogP contribution is -2.11. The van der Waals surface area contributed by atoms with Crippen LogP contribution in [0.15, 0.2) is 0 Å². The maximum absolute atomic E-state index is 5.20. The van der Waals surface area contributed by atoms with Gasteiger partial charge in [0.25, 0.3) is 0 Å². The maximum atomic E-state index is 5.20. The first-order valence-electron chi connectivity index (χ1n) is 4.43. The van der Waals surface area contributed by atoms with Crippen molar-refractivity contribution in [3.63, 3.8) is 0 Å². The van der Waals surface area contributed by atoms with Gasteiger partial charge in [0, 0.05) is 13.7 Å². The molecule has 0 aromatic rings. The molecule has 13 heavy (non-hydrogen) atoms. The van der Waals surface area contributed by atoms with E-state index in [1.807, 2.05) is 0 Å². The molecule has 79 valence electrons. The molecule has 0 saturated heterocycles. The first-order valence-corrected chi connectivity index (χ1v) is 4.43. The number of hydrogen-bond donors (Lipinski definition) is 0. The van der Waals surface area contributed by atoms with E-state index in [-0.39, 0.29) is 0 Å². The predicted octanol–water partition coefficient (Wildman–Crippen LogP) is 0.517. The van der Waals surface area contributed by atoms with Crippen LogP contribution in [0, 0.1) is 6.92 Å². The summed E-state index contributed by atoms with van der Waals surface area (Å²) in [5.41, 5.74) is 0. The fourth-order valence-corrected chi connectivity index (χ4v) is 0.684. The second-order valence-corrected chi connectivity index (χ2v) is 2.33. The Balaban J connectivity index is 2.76. The summed E-state index contributed by atoms with van der Waals surface area (Å²) in [5, 5.41) is 0. The zero-order valence-corrected chi connectivity index (χ0v) is 8.29. The summed E-state index contributed by atoms with van der Waals surface area (Å²) in [6, 6.07) is 0. The summed E-state index contributed by atoms with van der Waals surface area (Å²) in [6.45, 7) is 7.69. The van der Waals surface area contributed by atoms with E-state index in [1.54, 1.807) is 7.11 Å². The quantitative estimate of drug-likeness (QED) is 0.472. The zero-order valence-electron chi connectivity index (χ0n) is 8.29. The number of rotatable bonds is 10. The average molecular weight is 191 g/mol. The molecule has 0 amide bonds. The minimum absolute atomic E-state index is 0.494. The molecule has 0 spiro atoms. The summed E-state index contributed by atoms with van der Waals surface area (Å²) < 4.78 is 20.2. The minimum Gasteiger partial charge on any atom is -0.382 e. The van der Waals surface area contributed by atoms with Crippen molar-refractivity contribution in [2.24, 2.45) is 0 Å². The molecule has 0 aliphatic carbocycles. The lowest BCUT2D eigenvalue weighted by Gasteiger charge is -2.05. The third-order valence-corrected chi connectivity index (χ3v) is 1.32. The molecule has 0 aliphatic rings. The van der Waals surface area contributed by atoms with E-state index < -0.39 is 0 Å². The molecule has 1 radical (unpaired) electrons. The molecule has 0 saturated carbocycles. The molecule has 0 rings (SSSR count). The normalized spacial score (nSPS) is 10.6. The van der Waals surface area contributed by atoms with Crippen molar-refractivity contribution in [3.8, 4) is 0 Å². The van der Waals surface area contributed by atoms with Crippen LogP contribution < -0.4 is 0 Å². The molecule has 0 heterocycles. The van der Waals surface area contributed by atoms with Gasteiger partial charge in [0.2, 0.25) is 0 Å². The molecule has 0 bridgehead atoms. The molecule has 0 unspecified atom stereocenters. The number of hydrogen-bond acceptors (Lipinski definition) is 4. The third-order valence-electron chi connectivity index (χ3n) is 1.32. The smallest absolute Gasteiger partial charge is 0.0701 e. The Labute approximate surface area is 80.1 Å². The molecule has 4 heteroatoms. The SMILES string of the molecule is [CH2]COCCOCCOCCOC. The zero-order chi connectivity index (χ0) is 9.78. The maximum Gasteiger partial charge on any atom is 0.0701 e. The highest BCUT2D eigenvalue weighted by atomic mass is 16.5. The number of ether oxygens (including phenoxy) is 4. The van der Waals surface area contributed by atoms with E-state index in [2.05, 4.69) is 6.92 Å². The van der Waals surface area contributed by atoms with Gasteiger partial charge in [-0.05, 0) is 6.92 Å². The van der Waals surface area contributed by atoms with Crippen molar-refractivity contribution in [1.82, 2.24) is 0 Å². The van der Waals surface area contributed by atoms with Crippen LogP contribution >= 0.6 is 0 Å². The summed E-state index contributed by atoms with van der Waals surface area (Å²) in [7, 11) is 1.65. The Morgan fingerprint density at radius 1 is 0.769 bits per heavy atom. The highest BCUT2D eigenvalue weighted by molar-refractivity contribution is 4.34. The minimum atomic E-state index is 0.494. The highest BCUT2D eigenvalue weighted by Gasteiger charge is 1.89. The second kappa shape index (κ2) is 11.8. The molecule has 0 aromatic carbocycles. The van der Waals surface area contributed by atoms with Crippen molar-refractivity contribution < 1.29 is 18.9 Å². The molecule has 0 aromatic heterocycles. The van der Waals surface area contributed by atoms with Crippen LogP contribution in [0.25, 0.3) is 0 Å². The van der Waals surface area contributed by atoms with E-state index >= 15 is 0 Å². The van der Waals surface area contributed by atoms with Crippen LogP contribution in [0.3, 0.4) is 0 Å². The predicted molar refractivity (Wildman–Crippen MR) is 49.7 cm³/mol. The van der Waals surface area contributed by atoms with Crippen molar-refractivity contribution in [1.29, 1.82) is 0 Å². The Hall–Kier alpha value is -0.160. The Bertz CT molecular complexity index is 77.7. The van der Waals surface area contributed by atoms with Gasteiger partial charge in [0.15, 0.2) is 0 Å². The Morgan fingerprint density at radius 2 is 1.23 bits per heavy atom. The van der Waals surface area contributed by atoms with Gasteiger partial charge in [-0.15, -0.1) is 0 Å². The molecule has 0 fully saturated rings. The fraction of sp³-hybridized carbons (Fsp3) is 0.889. The molecular weight excluding hydrogens is 172 g/mol. The monoisotopic (exact) mass is 191 g/mol.